The van der Waals surface area contributed by atoms with Crippen LogP contribution in [0.25, 0.3) is 0 Å². The number of likely N-dealkylation sites (tertiary alicyclic amines) is 1. The van der Waals surface area contributed by atoms with Crippen molar-refractivity contribution < 1.29 is 9.53 Å². The van der Waals surface area contributed by atoms with Crippen LogP contribution in [0.15, 0.2) is 0 Å². The molecule has 2 fully saturated rings. The zero-order chi connectivity index (χ0) is 10.8. The number of amides is 1. The van der Waals surface area contributed by atoms with Crippen molar-refractivity contribution in [2.24, 2.45) is 11.7 Å². The van der Waals surface area contributed by atoms with Crippen LogP contribution in [0, 0.1) is 5.92 Å². The third kappa shape index (κ3) is 1.95. The van der Waals surface area contributed by atoms with Crippen LogP contribution >= 0.6 is 0 Å². The summed E-state index contributed by atoms with van der Waals surface area (Å²) in [5, 5.41) is 0. The average molecular weight is 212 g/mol. The number of nitrogens with two attached hydrogens (primary N) is 1. The van der Waals surface area contributed by atoms with E-state index in [0.29, 0.717) is 5.92 Å². The second-order valence-corrected chi connectivity index (χ2v) is 4.64. The topological polar surface area (TPSA) is 55.6 Å². The Kier molecular flexibility index (Phi) is 3.14. The van der Waals surface area contributed by atoms with Crippen molar-refractivity contribution in [1.82, 2.24) is 4.90 Å². The summed E-state index contributed by atoms with van der Waals surface area (Å²) in [6.45, 7) is 0.803. The molecule has 0 bridgehead atoms. The molecule has 2 unspecified atom stereocenters. The zero-order valence-electron chi connectivity index (χ0n) is 9.32. The number of carbonyl (C=O) groups excluding carboxylic acids is 1. The molecule has 1 heterocycles. The lowest BCUT2D eigenvalue weighted by Gasteiger charge is -2.44. The number of carbonyl (C=O) groups is 1. The number of methoxy groups -OCH3 is 1. The van der Waals surface area contributed by atoms with Crippen LogP contribution < -0.4 is 5.73 Å². The molecule has 1 amide bonds. The Morgan fingerprint density at radius 2 is 2.07 bits per heavy atom. The summed E-state index contributed by atoms with van der Waals surface area (Å²) in [6.07, 6.45) is 5.86. The molecule has 15 heavy (non-hydrogen) atoms. The molecule has 0 spiro atoms. The number of hydrogen-bond donors (Lipinski definition) is 1. The molecule has 2 rings (SSSR count). The van der Waals surface area contributed by atoms with E-state index in [0.717, 1.165) is 13.0 Å². The van der Waals surface area contributed by atoms with Gasteiger partial charge in [0.15, 0.2) is 0 Å². The van der Waals surface area contributed by atoms with Gasteiger partial charge in [-0.1, -0.05) is 12.8 Å². The van der Waals surface area contributed by atoms with Crippen molar-refractivity contribution in [3.8, 4) is 0 Å². The Hall–Kier alpha value is -0.770. The summed E-state index contributed by atoms with van der Waals surface area (Å²) in [6, 6.07) is 0.376. The fourth-order valence-electron chi connectivity index (χ4n) is 2.81. The molecule has 1 saturated heterocycles. The molecule has 2 N–H and O–H groups in total. The van der Waals surface area contributed by atoms with E-state index in [4.69, 9.17) is 10.5 Å². The largest absolute Gasteiger partial charge is 0.453 e. The van der Waals surface area contributed by atoms with Crippen molar-refractivity contribution in [3.63, 3.8) is 0 Å². The summed E-state index contributed by atoms with van der Waals surface area (Å²) in [7, 11) is 1.43. The minimum Gasteiger partial charge on any atom is -0.453 e. The molecule has 2 aliphatic rings. The third-order valence-electron chi connectivity index (χ3n) is 3.86. The Bertz CT molecular complexity index is 239. The number of hydrogen-bond acceptors (Lipinski definition) is 3. The van der Waals surface area contributed by atoms with Crippen LogP contribution in [0.5, 0.6) is 0 Å². The Labute approximate surface area is 90.8 Å². The van der Waals surface area contributed by atoms with E-state index in [1.165, 1.54) is 32.8 Å². The number of rotatable bonds is 2. The van der Waals surface area contributed by atoms with Crippen LogP contribution in [0.1, 0.15) is 32.1 Å². The van der Waals surface area contributed by atoms with Crippen LogP contribution in [0.2, 0.25) is 0 Å². The van der Waals surface area contributed by atoms with Gasteiger partial charge in [0.2, 0.25) is 0 Å². The van der Waals surface area contributed by atoms with Crippen molar-refractivity contribution >= 4 is 6.09 Å². The Morgan fingerprint density at radius 3 is 2.53 bits per heavy atom. The lowest BCUT2D eigenvalue weighted by atomic mass is 9.86. The van der Waals surface area contributed by atoms with Crippen LogP contribution in [0.4, 0.5) is 4.79 Å². The van der Waals surface area contributed by atoms with Crippen LogP contribution in [-0.2, 0) is 4.74 Å². The van der Waals surface area contributed by atoms with Crippen LogP contribution in [0.3, 0.4) is 0 Å². The van der Waals surface area contributed by atoms with Crippen molar-refractivity contribution in [2.45, 2.75) is 44.2 Å². The van der Waals surface area contributed by atoms with Gasteiger partial charge in [-0.25, -0.2) is 4.79 Å². The molecule has 4 heteroatoms. The predicted molar refractivity (Wildman–Crippen MR) is 57.4 cm³/mol. The van der Waals surface area contributed by atoms with Gasteiger partial charge < -0.3 is 15.4 Å². The Morgan fingerprint density at radius 1 is 1.40 bits per heavy atom. The molecule has 1 aliphatic carbocycles. The summed E-state index contributed by atoms with van der Waals surface area (Å²) in [4.78, 5) is 13.1. The van der Waals surface area contributed by atoms with E-state index in [9.17, 15) is 4.79 Å². The average Bonchev–Trinajstić information content (AvgIpc) is 2.68. The molecule has 1 aliphatic heterocycles. The maximum Gasteiger partial charge on any atom is 0.409 e. The van der Waals surface area contributed by atoms with Gasteiger partial charge in [-0.15, -0.1) is 0 Å². The molecular formula is C11H20N2O2. The zero-order valence-corrected chi connectivity index (χ0v) is 9.32. The van der Waals surface area contributed by atoms with Gasteiger partial charge in [0.1, 0.15) is 0 Å². The molecule has 1 saturated carbocycles. The summed E-state index contributed by atoms with van der Waals surface area (Å²) in [5.41, 5.74) is 6.22. The number of nitrogens with zero attached hydrogens (tertiary/aromatic N) is 1. The lowest BCUT2D eigenvalue weighted by Crippen LogP contribution is -2.60. The van der Waals surface area contributed by atoms with Gasteiger partial charge in [-0.3, -0.25) is 0 Å². The standard InChI is InChI=1S/C11H20N2O2/c1-15-11(14)13-7-6-9(13)10(12)8-4-2-3-5-8/h8-10H,2-7,12H2,1H3. The quantitative estimate of drug-likeness (QED) is 0.751. The highest BCUT2D eigenvalue weighted by molar-refractivity contribution is 5.69. The summed E-state index contributed by atoms with van der Waals surface area (Å²) in [5.74, 6) is 0.613. The lowest BCUT2D eigenvalue weighted by molar-refractivity contribution is 0.0414. The SMILES string of the molecule is COC(=O)N1CCC1C(N)C1CCCC1. The smallest absolute Gasteiger partial charge is 0.409 e. The molecular weight excluding hydrogens is 192 g/mol. The van der Waals surface area contributed by atoms with Crippen molar-refractivity contribution in [1.29, 1.82) is 0 Å². The fraction of sp³-hybridized carbons (Fsp3) is 0.909. The first-order valence-electron chi connectivity index (χ1n) is 5.84. The van der Waals surface area contributed by atoms with Gasteiger partial charge in [0.25, 0.3) is 0 Å². The van der Waals surface area contributed by atoms with E-state index >= 15 is 0 Å². The first-order chi connectivity index (χ1) is 7.24. The van der Waals surface area contributed by atoms with Gasteiger partial charge >= 0.3 is 6.09 Å². The first-order valence-corrected chi connectivity index (χ1v) is 5.84. The third-order valence-corrected chi connectivity index (χ3v) is 3.86. The minimum atomic E-state index is -0.223. The summed E-state index contributed by atoms with van der Waals surface area (Å²) < 4.78 is 4.73. The highest BCUT2D eigenvalue weighted by atomic mass is 16.5. The van der Waals surface area contributed by atoms with E-state index < -0.39 is 0 Å². The molecule has 0 aromatic carbocycles. The normalized spacial score (nSPS) is 28.7. The first kappa shape index (κ1) is 10.7. The van der Waals surface area contributed by atoms with Gasteiger partial charge in [0, 0.05) is 12.6 Å². The van der Waals surface area contributed by atoms with Gasteiger partial charge in [-0.05, 0) is 25.2 Å². The maximum atomic E-state index is 11.4. The fourth-order valence-corrected chi connectivity index (χ4v) is 2.81. The molecule has 0 aromatic heterocycles. The molecule has 4 nitrogen and oxygen atoms in total. The van der Waals surface area contributed by atoms with E-state index in [1.807, 2.05) is 0 Å². The second-order valence-electron chi connectivity index (χ2n) is 4.64. The maximum absolute atomic E-state index is 11.4. The Balaban J connectivity index is 1.90. The van der Waals surface area contributed by atoms with E-state index in [2.05, 4.69) is 0 Å². The number of ether oxygens (including phenoxy) is 1. The van der Waals surface area contributed by atoms with E-state index in [-0.39, 0.29) is 18.2 Å². The predicted octanol–water partition coefficient (Wildman–Crippen LogP) is 1.34. The summed E-state index contributed by atoms with van der Waals surface area (Å²) >= 11 is 0. The highest BCUT2D eigenvalue weighted by Crippen LogP contribution is 2.33. The van der Waals surface area contributed by atoms with Gasteiger partial charge in [-0.2, -0.15) is 0 Å². The minimum absolute atomic E-state index is 0.153. The van der Waals surface area contributed by atoms with Crippen LogP contribution in [-0.4, -0.2) is 36.7 Å². The van der Waals surface area contributed by atoms with Gasteiger partial charge in [0.05, 0.1) is 13.2 Å². The molecule has 0 aromatic rings. The molecule has 86 valence electrons. The van der Waals surface area contributed by atoms with E-state index in [1.54, 1.807) is 4.90 Å². The monoisotopic (exact) mass is 212 g/mol. The second kappa shape index (κ2) is 4.39. The molecule has 0 radical (unpaired) electrons. The van der Waals surface area contributed by atoms with Crippen molar-refractivity contribution in [2.75, 3.05) is 13.7 Å². The van der Waals surface area contributed by atoms with Crippen molar-refractivity contribution in [3.05, 3.63) is 0 Å². The highest BCUT2D eigenvalue weighted by Gasteiger charge is 2.40. The molecule has 2 atom stereocenters.